The number of ether oxygens (including phenoxy) is 1. The number of hydrogen-bond donors (Lipinski definition) is 1. The molecule has 0 saturated carbocycles. The summed E-state index contributed by atoms with van der Waals surface area (Å²) in [7, 11) is 0.379. The third-order valence-corrected chi connectivity index (χ3v) is 3.66. The zero-order valence-corrected chi connectivity index (χ0v) is 11.7. The Balaban J connectivity index is 2.80. The minimum absolute atomic E-state index is 0.00171. The number of aryl methyl sites for hydroxylation is 1. The first kappa shape index (κ1) is 14.6. The maximum Gasteiger partial charge on any atom is 0.376 e. The number of aromatic nitrogens is 2. The van der Waals surface area contributed by atoms with Crippen molar-refractivity contribution >= 4 is 22.6 Å². The van der Waals surface area contributed by atoms with Crippen molar-refractivity contribution in [3.63, 3.8) is 0 Å². The maximum absolute atomic E-state index is 11.3. The number of rotatable bonds is 5. The first-order chi connectivity index (χ1) is 8.43. The van der Waals surface area contributed by atoms with Gasteiger partial charge in [-0.1, -0.05) is 0 Å². The third kappa shape index (κ3) is 4.06. The van der Waals surface area contributed by atoms with Gasteiger partial charge in [-0.25, -0.2) is 14.8 Å². The van der Waals surface area contributed by atoms with E-state index in [2.05, 4.69) is 20.0 Å². The van der Waals surface area contributed by atoms with Crippen LogP contribution in [0.25, 0.3) is 0 Å². The molecular formula is C11H17N3O3S. The zero-order chi connectivity index (χ0) is 13.7. The van der Waals surface area contributed by atoms with E-state index in [1.807, 2.05) is 6.92 Å². The van der Waals surface area contributed by atoms with Crippen molar-refractivity contribution in [2.75, 3.05) is 25.2 Å². The summed E-state index contributed by atoms with van der Waals surface area (Å²) < 4.78 is 15.8. The second kappa shape index (κ2) is 6.44. The van der Waals surface area contributed by atoms with Crippen LogP contribution in [0.3, 0.4) is 0 Å². The van der Waals surface area contributed by atoms with Gasteiger partial charge in [-0.05, 0) is 13.8 Å². The summed E-state index contributed by atoms with van der Waals surface area (Å²) in [5.41, 5.74) is 0.665. The molecule has 1 heterocycles. The Morgan fingerprint density at radius 1 is 1.56 bits per heavy atom. The summed E-state index contributed by atoms with van der Waals surface area (Å²) in [6, 6.07) is 1.72. The van der Waals surface area contributed by atoms with Crippen LogP contribution in [-0.2, 0) is 15.5 Å². The largest absolute Gasteiger partial charge is 0.463 e. The van der Waals surface area contributed by atoms with Gasteiger partial charge in [-0.15, -0.1) is 0 Å². The van der Waals surface area contributed by atoms with E-state index < -0.39 is 16.8 Å². The molecule has 2 atom stereocenters. The van der Waals surface area contributed by atoms with Crippen LogP contribution in [0.15, 0.2) is 6.07 Å². The predicted octanol–water partition coefficient (Wildman–Crippen LogP) is 0.751. The second-order valence-corrected chi connectivity index (χ2v) is 5.70. The van der Waals surface area contributed by atoms with E-state index in [0.717, 1.165) is 0 Å². The molecule has 100 valence electrons. The summed E-state index contributed by atoms with van der Waals surface area (Å²) in [5, 5.41) is 3.04. The number of anilines is 1. The van der Waals surface area contributed by atoms with Crippen molar-refractivity contribution in [3.8, 4) is 0 Å². The van der Waals surface area contributed by atoms with Crippen LogP contribution in [0.1, 0.15) is 23.2 Å². The highest BCUT2D eigenvalue weighted by Gasteiger charge is 2.12. The van der Waals surface area contributed by atoms with Gasteiger partial charge in [0.2, 0.25) is 5.82 Å². The lowest BCUT2D eigenvalue weighted by molar-refractivity contribution is 0.0586. The van der Waals surface area contributed by atoms with E-state index in [0.29, 0.717) is 18.1 Å². The van der Waals surface area contributed by atoms with Gasteiger partial charge in [0.25, 0.3) is 0 Å². The summed E-state index contributed by atoms with van der Waals surface area (Å²) in [5.74, 6) is -0.0284. The zero-order valence-electron chi connectivity index (χ0n) is 10.9. The van der Waals surface area contributed by atoms with Crippen molar-refractivity contribution in [2.24, 2.45) is 0 Å². The fourth-order valence-corrected chi connectivity index (χ4v) is 1.53. The number of nitrogens with one attached hydrogen (secondary N) is 1. The summed E-state index contributed by atoms with van der Waals surface area (Å²) in [4.78, 5) is 19.4. The lowest BCUT2D eigenvalue weighted by Gasteiger charge is -2.11. The van der Waals surface area contributed by atoms with Crippen LogP contribution in [0.4, 0.5) is 5.82 Å². The molecule has 0 aliphatic carbocycles. The number of hydrogen-bond acceptors (Lipinski definition) is 6. The fraction of sp³-hybridized carbons (Fsp3) is 0.545. The number of esters is 1. The molecule has 0 amide bonds. The predicted molar refractivity (Wildman–Crippen MR) is 70.1 cm³/mol. The molecule has 6 nitrogen and oxygen atoms in total. The summed E-state index contributed by atoms with van der Waals surface area (Å²) in [6.07, 6.45) is 1.65. The number of nitrogens with zero attached hydrogens (tertiary/aromatic N) is 2. The Morgan fingerprint density at radius 2 is 2.22 bits per heavy atom. The van der Waals surface area contributed by atoms with Gasteiger partial charge >= 0.3 is 5.97 Å². The Bertz CT molecular complexity index is 465. The van der Waals surface area contributed by atoms with Crippen molar-refractivity contribution in [1.82, 2.24) is 9.97 Å². The second-order valence-electron chi connectivity index (χ2n) is 3.90. The molecule has 0 aliphatic rings. The van der Waals surface area contributed by atoms with Crippen LogP contribution < -0.4 is 5.32 Å². The summed E-state index contributed by atoms with van der Waals surface area (Å²) in [6.45, 7) is 4.15. The molecule has 7 heteroatoms. The van der Waals surface area contributed by atoms with E-state index in [1.165, 1.54) is 7.11 Å². The van der Waals surface area contributed by atoms with Crippen LogP contribution in [0.5, 0.6) is 0 Å². The van der Waals surface area contributed by atoms with Crippen molar-refractivity contribution in [2.45, 2.75) is 19.1 Å². The molecule has 0 saturated heterocycles. The van der Waals surface area contributed by atoms with Gasteiger partial charge < -0.3 is 10.1 Å². The molecule has 0 radical (unpaired) electrons. The van der Waals surface area contributed by atoms with E-state index in [9.17, 15) is 9.00 Å². The number of methoxy groups -OCH3 is 1. The smallest absolute Gasteiger partial charge is 0.376 e. The molecule has 1 N–H and O–H groups in total. The topological polar surface area (TPSA) is 81.2 Å². The van der Waals surface area contributed by atoms with Crippen LogP contribution in [-0.4, -0.2) is 45.3 Å². The molecule has 2 unspecified atom stereocenters. The highest BCUT2D eigenvalue weighted by atomic mass is 32.2. The molecule has 0 bridgehead atoms. The standard InChI is InChI=1S/C11H17N3O3S/c1-7-5-9(12-6-8(2)18(4)16)14-10(13-7)11(15)17-3/h5,8H,6H2,1-4H3,(H,12,13,14). The first-order valence-electron chi connectivity index (χ1n) is 5.44. The molecule has 0 aliphatic heterocycles. The molecular weight excluding hydrogens is 254 g/mol. The van der Waals surface area contributed by atoms with Crippen LogP contribution in [0, 0.1) is 6.92 Å². The monoisotopic (exact) mass is 271 g/mol. The molecule has 0 spiro atoms. The maximum atomic E-state index is 11.3. The Labute approximate surface area is 109 Å². The van der Waals surface area contributed by atoms with Crippen molar-refractivity contribution in [3.05, 3.63) is 17.6 Å². The molecule has 1 aromatic heterocycles. The Morgan fingerprint density at radius 3 is 2.78 bits per heavy atom. The van der Waals surface area contributed by atoms with E-state index in [4.69, 9.17) is 0 Å². The molecule has 0 aromatic carbocycles. The van der Waals surface area contributed by atoms with Gasteiger partial charge in [0, 0.05) is 40.6 Å². The molecule has 1 aromatic rings. The first-order valence-corrected chi connectivity index (χ1v) is 7.06. The molecule has 0 fully saturated rings. The van der Waals surface area contributed by atoms with Gasteiger partial charge in [0.15, 0.2) is 0 Å². The number of carbonyl (C=O) groups is 1. The number of carbonyl (C=O) groups excluding carboxylic acids is 1. The van der Waals surface area contributed by atoms with Gasteiger partial charge in [0.1, 0.15) is 5.82 Å². The van der Waals surface area contributed by atoms with Gasteiger partial charge in [-0.2, -0.15) is 0 Å². The van der Waals surface area contributed by atoms with E-state index in [1.54, 1.807) is 19.2 Å². The van der Waals surface area contributed by atoms with Crippen molar-refractivity contribution in [1.29, 1.82) is 0 Å². The molecule has 1 rings (SSSR count). The lowest BCUT2D eigenvalue weighted by Crippen LogP contribution is -2.22. The Hall–Kier alpha value is -1.50. The van der Waals surface area contributed by atoms with Gasteiger partial charge in [-0.3, -0.25) is 4.21 Å². The molecule has 18 heavy (non-hydrogen) atoms. The minimum atomic E-state index is -0.903. The Kier molecular flexibility index (Phi) is 5.21. The van der Waals surface area contributed by atoms with Crippen molar-refractivity contribution < 1.29 is 13.7 Å². The van der Waals surface area contributed by atoms with E-state index >= 15 is 0 Å². The third-order valence-electron chi connectivity index (χ3n) is 2.36. The van der Waals surface area contributed by atoms with Crippen LogP contribution in [0.2, 0.25) is 0 Å². The highest BCUT2D eigenvalue weighted by Crippen LogP contribution is 2.07. The normalized spacial score (nSPS) is 13.8. The minimum Gasteiger partial charge on any atom is -0.463 e. The average molecular weight is 271 g/mol. The van der Waals surface area contributed by atoms with Crippen LogP contribution >= 0.6 is 0 Å². The summed E-state index contributed by atoms with van der Waals surface area (Å²) >= 11 is 0. The SMILES string of the molecule is COC(=O)c1nc(C)cc(NCC(C)S(C)=O)n1. The quantitative estimate of drug-likeness (QED) is 0.796. The van der Waals surface area contributed by atoms with Gasteiger partial charge in [0.05, 0.1) is 7.11 Å². The van der Waals surface area contributed by atoms with E-state index in [-0.39, 0.29) is 11.1 Å². The average Bonchev–Trinajstić information content (AvgIpc) is 2.34. The highest BCUT2D eigenvalue weighted by molar-refractivity contribution is 7.84. The lowest BCUT2D eigenvalue weighted by atomic mass is 10.4. The fourth-order valence-electron chi connectivity index (χ4n) is 1.21.